The molecule has 118 valence electrons. The Morgan fingerprint density at radius 3 is 2.64 bits per heavy atom. The molecule has 5 heteroatoms. The standard InChI is InChI=1S/C17H21FN2OS/c1-3-20(4-2)15(16-9-6-10-22-16)12-19-17(21)13-7-5-8-14(18)11-13/h5-11,15H,3-4,12H2,1-2H3,(H,19,21). The van der Waals surface area contributed by atoms with E-state index in [1.54, 1.807) is 23.5 Å². The molecule has 0 aliphatic carbocycles. The molecule has 0 radical (unpaired) electrons. The number of nitrogens with one attached hydrogen (secondary N) is 1. The average molecular weight is 320 g/mol. The maximum atomic E-state index is 13.2. The molecule has 22 heavy (non-hydrogen) atoms. The molecule has 0 aliphatic rings. The van der Waals surface area contributed by atoms with Crippen LogP contribution in [0.4, 0.5) is 4.39 Å². The Hall–Kier alpha value is -1.72. The predicted octanol–water partition coefficient (Wildman–Crippen LogP) is 3.70. The molecule has 0 aliphatic heterocycles. The van der Waals surface area contributed by atoms with Crippen LogP contribution in [0.25, 0.3) is 0 Å². The zero-order valence-corrected chi connectivity index (χ0v) is 13.7. The third-order valence-corrected chi connectivity index (χ3v) is 4.64. The summed E-state index contributed by atoms with van der Waals surface area (Å²) >= 11 is 1.69. The second kappa shape index (κ2) is 8.06. The summed E-state index contributed by atoms with van der Waals surface area (Å²) in [6.07, 6.45) is 0. The minimum absolute atomic E-state index is 0.146. The van der Waals surface area contributed by atoms with Crippen molar-refractivity contribution in [1.82, 2.24) is 10.2 Å². The first-order chi connectivity index (χ1) is 10.7. The molecule has 1 atom stereocenters. The second-order valence-corrected chi connectivity index (χ2v) is 5.95. The molecule has 2 aromatic rings. The lowest BCUT2D eigenvalue weighted by Gasteiger charge is -2.29. The number of halogens is 1. The zero-order valence-electron chi connectivity index (χ0n) is 12.9. The summed E-state index contributed by atoms with van der Waals surface area (Å²) < 4.78 is 13.2. The highest BCUT2D eigenvalue weighted by Gasteiger charge is 2.20. The molecule has 0 spiro atoms. The van der Waals surface area contributed by atoms with Crippen LogP contribution < -0.4 is 5.32 Å². The van der Waals surface area contributed by atoms with Crippen LogP contribution in [-0.4, -0.2) is 30.4 Å². The molecule has 1 unspecified atom stereocenters. The number of amides is 1. The van der Waals surface area contributed by atoms with Gasteiger partial charge in [-0.25, -0.2) is 4.39 Å². The highest BCUT2D eigenvalue weighted by Crippen LogP contribution is 2.24. The normalized spacial score (nSPS) is 12.4. The van der Waals surface area contributed by atoms with Crippen molar-refractivity contribution in [3.8, 4) is 0 Å². The van der Waals surface area contributed by atoms with E-state index in [9.17, 15) is 9.18 Å². The summed E-state index contributed by atoms with van der Waals surface area (Å²) in [5.41, 5.74) is 0.351. The fourth-order valence-corrected chi connectivity index (χ4v) is 3.34. The third-order valence-electron chi connectivity index (χ3n) is 3.67. The van der Waals surface area contributed by atoms with Crippen LogP contribution in [-0.2, 0) is 0 Å². The number of thiophene rings is 1. The van der Waals surface area contributed by atoms with Crippen LogP contribution in [0.15, 0.2) is 41.8 Å². The maximum absolute atomic E-state index is 13.2. The highest BCUT2D eigenvalue weighted by atomic mass is 32.1. The van der Waals surface area contributed by atoms with Gasteiger partial charge >= 0.3 is 0 Å². The SMILES string of the molecule is CCN(CC)C(CNC(=O)c1cccc(F)c1)c1cccs1. The average Bonchev–Trinajstić information content (AvgIpc) is 3.05. The van der Waals surface area contributed by atoms with E-state index in [4.69, 9.17) is 0 Å². The quantitative estimate of drug-likeness (QED) is 0.843. The number of hydrogen-bond donors (Lipinski definition) is 1. The van der Waals surface area contributed by atoms with E-state index < -0.39 is 5.82 Å². The zero-order chi connectivity index (χ0) is 15.9. The first-order valence-electron chi connectivity index (χ1n) is 7.46. The highest BCUT2D eigenvalue weighted by molar-refractivity contribution is 7.10. The van der Waals surface area contributed by atoms with Crippen LogP contribution in [0, 0.1) is 5.82 Å². The number of carbonyl (C=O) groups excluding carboxylic acids is 1. The van der Waals surface area contributed by atoms with Crippen molar-refractivity contribution in [1.29, 1.82) is 0 Å². The van der Waals surface area contributed by atoms with Crippen molar-refractivity contribution in [3.63, 3.8) is 0 Å². The van der Waals surface area contributed by atoms with Crippen molar-refractivity contribution in [2.45, 2.75) is 19.9 Å². The third kappa shape index (κ3) is 4.15. The molecular formula is C17H21FN2OS. The van der Waals surface area contributed by atoms with Gasteiger partial charge in [-0.05, 0) is 42.7 Å². The lowest BCUT2D eigenvalue weighted by molar-refractivity contribution is 0.0935. The topological polar surface area (TPSA) is 32.3 Å². The van der Waals surface area contributed by atoms with Crippen LogP contribution in [0.3, 0.4) is 0 Å². The van der Waals surface area contributed by atoms with Gasteiger partial charge in [0, 0.05) is 17.0 Å². The Bertz CT molecular complexity index is 596. The number of likely N-dealkylation sites (N-methyl/N-ethyl adjacent to an activating group) is 1. The van der Waals surface area contributed by atoms with Crippen LogP contribution in [0.2, 0.25) is 0 Å². The van der Waals surface area contributed by atoms with Crippen LogP contribution >= 0.6 is 11.3 Å². The number of rotatable bonds is 7. The molecule has 0 saturated carbocycles. The number of nitrogens with zero attached hydrogens (tertiary/aromatic N) is 1. The first kappa shape index (κ1) is 16.6. The Labute approximate surface area is 134 Å². The van der Waals surface area contributed by atoms with Gasteiger partial charge in [0.1, 0.15) is 5.82 Å². The van der Waals surface area contributed by atoms with Gasteiger partial charge < -0.3 is 5.32 Å². The van der Waals surface area contributed by atoms with Crippen LogP contribution in [0.5, 0.6) is 0 Å². The maximum Gasteiger partial charge on any atom is 0.251 e. The minimum atomic E-state index is -0.397. The summed E-state index contributed by atoms with van der Waals surface area (Å²) in [5, 5.41) is 4.96. The van der Waals surface area contributed by atoms with Gasteiger partial charge in [-0.3, -0.25) is 9.69 Å². The summed E-state index contributed by atoms with van der Waals surface area (Å²) in [6, 6.07) is 10.0. The van der Waals surface area contributed by atoms with Crippen molar-refractivity contribution >= 4 is 17.2 Å². The van der Waals surface area contributed by atoms with Crippen molar-refractivity contribution in [2.24, 2.45) is 0 Å². The minimum Gasteiger partial charge on any atom is -0.350 e. The smallest absolute Gasteiger partial charge is 0.251 e. The lowest BCUT2D eigenvalue weighted by atomic mass is 10.1. The van der Waals surface area contributed by atoms with E-state index >= 15 is 0 Å². The number of carbonyl (C=O) groups is 1. The van der Waals surface area contributed by atoms with Crippen LogP contribution in [0.1, 0.15) is 35.1 Å². The fraction of sp³-hybridized carbons (Fsp3) is 0.353. The number of benzene rings is 1. The summed E-state index contributed by atoms with van der Waals surface area (Å²) in [7, 11) is 0. The van der Waals surface area contributed by atoms with Gasteiger partial charge in [0.15, 0.2) is 0 Å². The largest absolute Gasteiger partial charge is 0.350 e. The molecule has 1 aromatic carbocycles. The van der Waals surface area contributed by atoms with E-state index in [2.05, 4.69) is 30.1 Å². The van der Waals surface area contributed by atoms with Crippen molar-refractivity contribution in [3.05, 3.63) is 58.0 Å². The van der Waals surface area contributed by atoms with Crippen molar-refractivity contribution < 1.29 is 9.18 Å². The monoisotopic (exact) mass is 320 g/mol. The molecular weight excluding hydrogens is 299 g/mol. The fourth-order valence-electron chi connectivity index (χ4n) is 2.48. The van der Waals surface area contributed by atoms with Gasteiger partial charge in [0.05, 0.1) is 6.04 Å². The molecule has 2 rings (SSSR count). The van der Waals surface area contributed by atoms with E-state index in [0.717, 1.165) is 13.1 Å². The van der Waals surface area contributed by atoms with E-state index in [1.807, 2.05) is 11.4 Å². The van der Waals surface area contributed by atoms with E-state index in [0.29, 0.717) is 12.1 Å². The molecule has 0 saturated heterocycles. The van der Waals surface area contributed by atoms with Crippen molar-refractivity contribution in [2.75, 3.05) is 19.6 Å². The molecule has 1 N–H and O–H groups in total. The predicted molar refractivity (Wildman–Crippen MR) is 88.7 cm³/mol. The Morgan fingerprint density at radius 2 is 2.05 bits per heavy atom. The summed E-state index contributed by atoms with van der Waals surface area (Å²) in [6.45, 7) is 6.55. The van der Waals surface area contributed by atoms with Gasteiger partial charge in [0.2, 0.25) is 0 Å². The second-order valence-electron chi connectivity index (χ2n) is 4.97. The molecule has 0 fully saturated rings. The Morgan fingerprint density at radius 1 is 1.27 bits per heavy atom. The van der Waals surface area contributed by atoms with E-state index in [-0.39, 0.29) is 11.9 Å². The molecule has 1 aromatic heterocycles. The Kier molecular flexibility index (Phi) is 6.10. The Balaban J connectivity index is 2.06. The summed E-state index contributed by atoms with van der Waals surface area (Å²) in [5.74, 6) is -0.639. The molecule has 1 heterocycles. The van der Waals surface area contributed by atoms with Gasteiger partial charge in [-0.1, -0.05) is 26.0 Å². The summed E-state index contributed by atoms with van der Waals surface area (Å²) in [4.78, 5) is 15.7. The molecule has 3 nitrogen and oxygen atoms in total. The first-order valence-corrected chi connectivity index (χ1v) is 8.34. The van der Waals surface area contributed by atoms with E-state index in [1.165, 1.54) is 17.0 Å². The molecule has 0 bridgehead atoms. The lowest BCUT2D eigenvalue weighted by Crippen LogP contribution is -2.37. The van der Waals surface area contributed by atoms with Gasteiger partial charge in [-0.15, -0.1) is 11.3 Å². The molecule has 1 amide bonds. The van der Waals surface area contributed by atoms with Gasteiger partial charge in [-0.2, -0.15) is 0 Å². The van der Waals surface area contributed by atoms with Gasteiger partial charge in [0.25, 0.3) is 5.91 Å². The number of hydrogen-bond acceptors (Lipinski definition) is 3.